The third kappa shape index (κ3) is 14.2. The van der Waals surface area contributed by atoms with Gasteiger partial charge in [-0.1, -0.05) is 23.6 Å². The molecule has 1 saturated carbocycles. The Morgan fingerprint density at radius 1 is 0.952 bits per heavy atom. The molecule has 3 amide bonds. The van der Waals surface area contributed by atoms with Crippen LogP contribution in [0.1, 0.15) is 79.0 Å². The van der Waals surface area contributed by atoms with Crippen molar-refractivity contribution in [1.82, 2.24) is 34.8 Å². The molecule has 0 unspecified atom stereocenters. The van der Waals surface area contributed by atoms with Crippen molar-refractivity contribution in [2.45, 2.75) is 87.6 Å². The number of halogens is 11. The summed E-state index contributed by atoms with van der Waals surface area (Å²) in [6, 6.07) is 4.01. The summed E-state index contributed by atoms with van der Waals surface area (Å²) in [4.78, 5) is 75.7. The van der Waals surface area contributed by atoms with Gasteiger partial charge in [0.05, 0.1) is 40.3 Å². The van der Waals surface area contributed by atoms with Gasteiger partial charge < -0.3 is 24.9 Å². The monoisotopic (exact) mass is 1260 g/mol. The first-order valence-electron chi connectivity index (χ1n) is 23.7. The number of hydrogen-bond donors (Lipinski definition) is 4. The molecule has 2 aliphatic rings. The number of phosphoric acid groups is 1. The first kappa shape index (κ1) is 63.7. The van der Waals surface area contributed by atoms with E-state index in [1.807, 2.05) is 0 Å². The highest BCUT2D eigenvalue weighted by molar-refractivity contribution is 7.93. The lowest BCUT2D eigenvalue weighted by molar-refractivity contribution is -0.144. The number of hydrogen-bond acceptors (Lipinski definition) is 14. The number of rotatable bonds is 19. The van der Waals surface area contributed by atoms with E-state index in [1.165, 1.54) is 13.8 Å². The lowest BCUT2D eigenvalue weighted by Crippen LogP contribution is -2.46. The van der Waals surface area contributed by atoms with Crippen LogP contribution in [0.3, 0.4) is 0 Å². The molecule has 2 aromatic carbocycles. The number of sulfonamides is 1. The molecule has 0 radical (unpaired) electrons. The normalized spacial score (nSPS) is 16.5. The predicted octanol–water partition coefficient (Wildman–Crippen LogP) is 6.95. The zero-order chi connectivity index (χ0) is 61.9. The topological polar surface area (TPSA) is 300 Å². The number of amides is 3. The number of alkyl halides is 8. The fourth-order valence-electron chi connectivity index (χ4n) is 9.15. The Kier molecular flexibility index (Phi) is 17.6. The molecule has 0 spiro atoms. The van der Waals surface area contributed by atoms with Crippen molar-refractivity contribution in [1.29, 1.82) is 0 Å². The average Bonchev–Trinajstić information content (AvgIpc) is 1.57. The molecule has 83 heavy (non-hydrogen) atoms. The SMILES string of the molecule is CC(C)(C#Cc1ccc(-c2ccc(Cl)c3c(N(C(=O)CN(CCC(=O)O)C(=O)OCOP(=O)(O)O)S(C)(=O)=O)nn(CC(F)(F)F)c23)c([C@H](Cc2cc(F)cc(F)c2)NC(=O)Cn2nc(C(F)(F)F)c3c2C(F)(F)[C@@H]2CC[C@H]32)n1)S(C)(=O)=O. The zero-order valence-corrected chi connectivity index (χ0v) is 46.3. The number of benzene rings is 2. The quantitative estimate of drug-likeness (QED) is 0.0281. The zero-order valence-electron chi connectivity index (χ0n) is 43.0. The number of aliphatic carboxylic acids is 1. The molecule has 3 atom stereocenters. The summed E-state index contributed by atoms with van der Waals surface area (Å²) in [6.45, 7) is -5.19. The van der Waals surface area contributed by atoms with E-state index in [1.54, 1.807) is 0 Å². The molecule has 0 aliphatic heterocycles. The van der Waals surface area contributed by atoms with Crippen molar-refractivity contribution >= 4 is 79.9 Å². The van der Waals surface area contributed by atoms with Gasteiger partial charge in [-0.05, 0) is 80.8 Å². The number of carbonyl (C=O) groups is 4. The first-order chi connectivity index (χ1) is 38.1. The summed E-state index contributed by atoms with van der Waals surface area (Å²) in [5, 5.41) is 17.4. The van der Waals surface area contributed by atoms with Crippen LogP contribution in [0, 0.1) is 29.4 Å². The van der Waals surface area contributed by atoms with Crippen LogP contribution in [0.5, 0.6) is 0 Å². The third-order valence-corrected chi connectivity index (χ3v) is 16.9. The molecule has 7 rings (SSSR count). The van der Waals surface area contributed by atoms with Gasteiger partial charge in [0.2, 0.25) is 22.7 Å². The average molecular weight is 1270 g/mol. The highest BCUT2D eigenvalue weighted by Gasteiger charge is 2.63. The number of aromatic nitrogens is 5. The van der Waals surface area contributed by atoms with Gasteiger partial charge in [0.1, 0.15) is 47.4 Å². The Labute approximate surface area is 467 Å². The molecule has 2 aliphatic carbocycles. The van der Waals surface area contributed by atoms with Crippen LogP contribution in [0.4, 0.5) is 54.5 Å². The van der Waals surface area contributed by atoms with Crippen LogP contribution in [-0.4, -0.2) is 128 Å². The summed E-state index contributed by atoms with van der Waals surface area (Å²) < 4.78 is 220. The van der Waals surface area contributed by atoms with E-state index in [-0.39, 0.29) is 37.0 Å². The maximum absolute atomic E-state index is 15.9. The van der Waals surface area contributed by atoms with E-state index in [0.717, 1.165) is 42.7 Å². The number of carbonyl (C=O) groups excluding carboxylic acids is 3. The third-order valence-electron chi connectivity index (χ3n) is 13.1. The van der Waals surface area contributed by atoms with Gasteiger partial charge in [0, 0.05) is 41.5 Å². The molecule has 36 heteroatoms. The van der Waals surface area contributed by atoms with Crippen molar-refractivity contribution in [3.05, 3.63) is 93.0 Å². The number of pyridine rings is 1. The standard InChI is InChI=1S/C47H44ClF10N8O14PS2/c1-44(2,82(3,75)76)13-11-26-5-6-27(38(59-26)32(17-23-15-24(49)18-25(50)16-23)60-33(67)19-64-41-36(40(61-64)47(56,57)58)29-7-9-30(29)46(41,54)55)28-8-10-31(48)37-39(28)65(21-45(51,52)53)62-42(37)66(83(4,77)78)34(68)20-63(14-12-35(69)70)43(71)79-22-80-81(72,73)74/h5-6,8,10,15-16,18,29-30,32H,7,9,12,14,17,19-22H2,1-4H3,(H,60,67)(H,69,70)(H2,72,73,74)/t29-,30+,32-/m0/s1. The second kappa shape index (κ2) is 22.9. The van der Waals surface area contributed by atoms with Crippen molar-refractivity contribution in [3.8, 4) is 23.0 Å². The summed E-state index contributed by atoms with van der Waals surface area (Å²) >= 11 is 6.65. The lowest BCUT2D eigenvalue weighted by Gasteiger charge is -2.34. The van der Waals surface area contributed by atoms with Gasteiger partial charge in [0.25, 0.3) is 11.8 Å². The molecule has 1 fully saturated rings. The summed E-state index contributed by atoms with van der Waals surface area (Å²) in [7, 11) is -14.5. The van der Waals surface area contributed by atoms with E-state index in [4.69, 9.17) is 21.4 Å². The van der Waals surface area contributed by atoms with Crippen molar-refractivity contribution in [2.24, 2.45) is 5.92 Å². The molecule has 3 aromatic heterocycles. The fourth-order valence-corrected chi connectivity index (χ4v) is 10.7. The van der Waals surface area contributed by atoms with Crippen LogP contribution in [0.2, 0.25) is 5.02 Å². The maximum Gasteiger partial charge on any atom is 0.472 e. The van der Waals surface area contributed by atoms with E-state index in [2.05, 4.69) is 41.6 Å². The molecular weight excluding hydrogens is 1220 g/mol. The fraction of sp³-hybridized carbons (Fsp3) is 0.426. The van der Waals surface area contributed by atoms with E-state index in [9.17, 15) is 80.8 Å². The molecule has 450 valence electrons. The number of fused-ring (bicyclic) bond motifs is 4. The van der Waals surface area contributed by atoms with Gasteiger partial charge >= 0.3 is 32.2 Å². The Morgan fingerprint density at radius 2 is 1.59 bits per heavy atom. The number of anilines is 1. The second-order valence-electron chi connectivity index (χ2n) is 19.5. The maximum atomic E-state index is 15.9. The molecule has 0 bridgehead atoms. The van der Waals surface area contributed by atoms with Gasteiger partial charge in [-0.2, -0.15) is 49.6 Å². The van der Waals surface area contributed by atoms with E-state index >= 15 is 8.78 Å². The smallest absolute Gasteiger partial charge is 0.472 e. The number of nitrogens with one attached hydrogen (secondary N) is 1. The highest BCUT2D eigenvalue weighted by Crippen LogP contribution is 2.64. The Morgan fingerprint density at radius 3 is 2.14 bits per heavy atom. The van der Waals surface area contributed by atoms with Crippen LogP contribution in [0.25, 0.3) is 22.0 Å². The number of ether oxygens (including phenoxy) is 1. The Balaban J connectivity index is 1.46. The van der Waals surface area contributed by atoms with Crippen LogP contribution < -0.4 is 9.62 Å². The van der Waals surface area contributed by atoms with Gasteiger partial charge in [0.15, 0.2) is 21.3 Å². The highest BCUT2D eigenvalue weighted by atomic mass is 35.5. The van der Waals surface area contributed by atoms with Gasteiger partial charge in [-0.15, -0.1) is 0 Å². The molecule has 22 nitrogen and oxygen atoms in total. The lowest BCUT2D eigenvalue weighted by atomic mass is 9.73. The largest absolute Gasteiger partial charge is 0.481 e. The number of nitrogens with zero attached hydrogens (tertiary/aromatic N) is 7. The van der Waals surface area contributed by atoms with Crippen LogP contribution >= 0.6 is 19.4 Å². The number of sulfone groups is 1. The number of carboxylic acids is 1. The molecule has 0 saturated heterocycles. The summed E-state index contributed by atoms with van der Waals surface area (Å²) in [6.07, 6.45) is -13.2. The first-order valence-corrected chi connectivity index (χ1v) is 29.4. The second-order valence-corrected chi connectivity index (χ2v) is 25.5. The summed E-state index contributed by atoms with van der Waals surface area (Å²) in [5.41, 5.74) is -6.84. The molecule has 3 heterocycles. The summed E-state index contributed by atoms with van der Waals surface area (Å²) in [5.74, 6) is -10.2. The predicted molar refractivity (Wildman–Crippen MR) is 268 cm³/mol. The van der Waals surface area contributed by atoms with E-state index in [0.29, 0.717) is 12.3 Å². The van der Waals surface area contributed by atoms with Gasteiger partial charge in [-0.25, -0.2) is 44.5 Å². The minimum atomic E-state index is -5.31. The minimum Gasteiger partial charge on any atom is -0.481 e. The van der Waals surface area contributed by atoms with Crippen molar-refractivity contribution < 1.29 is 109 Å². The number of phosphoric ester groups is 1. The molecule has 5 aromatic rings. The van der Waals surface area contributed by atoms with E-state index < -0.39 is 211 Å². The molecule has 4 N–H and O–H groups in total. The van der Waals surface area contributed by atoms with Crippen molar-refractivity contribution in [2.75, 3.05) is 36.7 Å². The number of carboxylic acid groups (broad SMARTS) is 1. The van der Waals surface area contributed by atoms with Gasteiger partial charge in [-0.3, -0.25) is 28.6 Å². The minimum absolute atomic E-state index is 0.0644. The van der Waals surface area contributed by atoms with Crippen LogP contribution in [0.15, 0.2) is 42.5 Å². The van der Waals surface area contributed by atoms with Crippen LogP contribution in [-0.2, 0) is 79.7 Å². The van der Waals surface area contributed by atoms with Crippen molar-refractivity contribution in [3.63, 3.8) is 0 Å². The Bertz CT molecular complexity index is 3790. The Hall–Kier alpha value is -6.89. The molecular formula is C47H44ClF10N8O14PS2.